The molecule has 0 fully saturated rings. The van der Waals surface area contributed by atoms with E-state index in [1.54, 1.807) is 30.3 Å². The summed E-state index contributed by atoms with van der Waals surface area (Å²) in [6.07, 6.45) is 0.0913. The molecule has 0 aliphatic heterocycles. The number of rotatable bonds is 5. The van der Waals surface area contributed by atoms with Gasteiger partial charge in [-0.2, -0.15) is 0 Å². The van der Waals surface area contributed by atoms with Crippen LogP contribution >= 0.6 is 15.9 Å². The van der Waals surface area contributed by atoms with E-state index in [1.807, 2.05) is 0 Å². The average molecular weight is 431 g/mol. The molecule has 2 heterocycles. The first kappa shape index (κ1) is 18.7. The van der Waals surface area contributed by atoms with Crippen LogP contribution < -0.4 is 16.8 Å². The maximum absolute atomic E-state index is 13.1. The first-order valence-corrected chi connectivity index (χ1v) is 8.77. The maximum Gasteiger partial charge on any atom is 0.226 e. The summed E-state index contributed by atoms with van der Waals surface area (Å²) >= 11 is 3.44. The van der Waals surface area contributed by atoms with Crippen LogP contribution in [-0.2, 0) is 17.8 Å². The molecule has 0 atom stereocenters. The monoisotopic (exact) mass is 430 g/mol. The molecule has 0 bridgehead atoms. The van der Waals surface area contributed by atoms with Crippen LogP contribution in [0, 0.1) is 5.82 Å². The molecular weight excluding hydrogens is 415 g/mol. The van der Waals surface area contributed by atoms with E-state index in [1.165, 1.54) is 12.1 Å². The summed E-state index contributed by atoms with van der Waals surface area (Å²) in [6.45, 7) is 0.142. The van der Waals surface area contributed by atoms with Gasteiger partial charge in [-0.25, -0.2) is 19.3 Å². The zero-order valence-electron chi connectivity index (χ0n) is 14.1. The molecular formula is C18H16BrFN6O. The van der Waals surface area contributed by atoms with Gasteiger partial charge in [0.1, 0.15) is 11.6 Å². The largest absolute Gasteiger partial charge is 0.384 e. The van der Waals surface area contributed by atoms with Crippen LogP contribution in [0.2, 0.25) is 0 Å². The van der Waals surface area contributed by atoms with E-state index in [0.717, 1.165) is 0 Å². The van der Waals surface area contributed by atoms with Crippen molar-refractivity contribution in [3.05, 3.63) is 64.1 Å². The molecule has 1 amide bonds. The number of nitrogens with one attached hydrogen (secondary N) is 1. The Balaban J connectivity index is 1.75. The fourth-order valence-corrected chi connectivity index (χ4v) is 2.98. The Labute approximate surface area is 163 Å². The molecule has 5 N–H and O–H groups in total. The number of carbonyl (C=O) groups excluding carboxylic acids is 1. The van der Waals surface area contributed by atoms with Crippen molar-refractivity contribution < 1.29 is 9.18 Å². The van der Waals surface area contributed by atoms with Crippen molar-refractivity contribution in [2.45, 2.75) is 13.0 Å². The van der Waals surface area contributed by atoms with Gasteiger partial charge in [0, 0.05) is 5.56 Å². The summed E-state index contributed by atoms with van der Waals surface area (Å²) in [4.78, 5) is 24.6. The first-order chi connectivity index (χ1) is 12.9. The molecule has 3 aromatic rings. The van der Waals surface area contributed by atoms with Gasteiger partial charge in [0.2, 0.25) is 11.9 Å². The number of nitrogens with zero attached hydrogens (tertiary/aromatic N) is 3. The predicted octanol–water partition coefficient (Wildman–Crippen LogP) is 2.46. The summed E-state index contributed by atoms with van der Waals surface area (Å²) in [6, 6.07) is 11.0. The van der Waals surface area contributed by atoms with Gasteiger partial charge in [0.25, 0.3) is 0 Å². The molecule has 9 heteroatoms. The zero-order chi connectivity index (χ0) is 19.4. The Morgan fingerprint density at radius 1 is 1.07 bits per heavy atom. The number of carbonyl (C=O) groups is 1. The van der Waals surface area contributed by atoms with Gasteiger partial charge >= 0.3 is 0 Å². The van der Waals surface area contributed by atoms with E-state index < -0.39 is 0 Å². The molecule has 0 radical (unpaired) electrons. The van der Waals surface area contributed by atoms with E-state index in [0.29, 0.717) is 32.9 Å². The van der Waals surface area contributed by atoms with Crippen LogP contribution in [0.15, 0.2) is 46.9 Å². The van der Waals surface area contributed by atoms with Crippen LogP contribution in [0.5, 0.6) is 0 Å². The van der Waals surface area contributed by atoms with Crippen LogP contribution in [0.1, 0.15) is 11.4 Å². The van der Waals surface area contributed by atoms with Crippen molar-refractivity contribution in [2.75, 3.05) is 11.5 Å². The Kier molecular flexibility index (Phi) is 5.60. The molecule has 0 saturated carbocycles. The molecule has 3 rings (SSSR count). The van der Waals surface area contributed by atoms with Gasteiger partial charge < -0.3 is 16.8 Å². The lowest BCUT2D eigenvalue weighted by Crippen LogP contribution is -2.26. The molecule has 27 heavy (non-hydrogen) atoms. The minimum atomic E-state index is -0.348. The number of halogens is 2. The summed E-state index contributed by atoms with van der Waals surface area (Å²) in [5.74, 6) is -0.171. The molecule has 2 aromatic heterocycles. The van der Waals surface area contributed by atoms with E-state index in [2.05, 4.69) is 36.2 Å². The molecule has 1 aromatic carbocycles. The van der Waals surface area contributed by atoms with E-state index in [-0.39, 0.29) is 30.6 Å². The van der Waals surface area contributed by atoms with Crippen molar-refractivity contribution in [3.63, 3.8) is 0 Å². The van der Waals surface area contributed by atoms with Crippen molar-refractivity contribution >= 4 is 33.6 Å². The van der Waals surface area contributed by atoms with Gasteiger partial charge in [-0.05, 0) is 52.3 Å². The predicted molar refractivity (Wildman–Crippen MR) is 104 cm³/mol. The highest BCUT2D eigenvalue weighted by Crippen LogP contribution is 2.29. The Morgan fingerprint density at radius 3 is 2.52 bits per heavy atom. The number of hydrogen-bond donors (Lipinski definition) is 3. The normalized spacial score (nSPS) is 10.6. The molecule has 0 aliphatic rings. The summed E-state index contributed by atoms with van der Waals surface area (Å²) in [5.41, 5.74) is 13.7. The SMILES string of the molecule is Nc1cccc(CC(=O)NCc2nc(N)nc(-c3ccc(F)cc3)c2Br)n1. The Hall–Kier alpha value is -3.07. The third-order valence-corrected chi connectivity index (χ3v) is 4.51. The van der Waals surface area contributed by atoms with Gasteiger partial charge in [0.05, 0.1) is 34.5 Å². The Bertz CT molecular complexity index is 980. The zero-order valence-corrected chi connectivity index (χ0v) is 15.7. The molecule has 7 nitrogen and oxygen atoms in total. The number of nitrogen functional groups attached to an aromatic ring is 2. The number of nitrogens with two attached hydrogens (primary N) is 2. The van der Waals surface area contributed by atoms with Crippen LogP contribution in [0.25, 0.3) is 11.3 Å². The van der Waals surface area contributed by atoms with Crippen LogP contribution in [0.4, 0.5) is 16.2 Å². The Morgan fingerprint density at radius 2 is 1.81 bits per heavy atom. The first-order valence-electron chi connectivity index (χ1n) is 7.98. The number of benzene rings is 1. The third-order valence-electron chi connectivity index (χ3n) is 3.68. The second-order valence-corrected chi connectivity index (χ2v) is 6.50. The highest BCUT2D eigenvalue weighted by atomic mass is 79.9. The molecule has 0 saturated heterocycles. The van der Waals surface area contributed by atoms with Crippen molar-refractivity contribution in [2.24, 2.45) is 0 Å². The van der Waals surface area contributed by atoms with Gasteiger partial charge in [-0.3, -0.25) is 4.79 Å². The van der Waals surface area contributed by atoms with E-state index in [4.69, 9.17) is 11.5 Å². The third kappa shape index (κ3) is 4.76. The summed E-state index contributed by atoms with van der Waals surface area (Å²) in [5, 5.41) is 2.77. The van der Waals surface area contributed by atoms with Crippen molar-refractivity contribution in [3.8, 4) is 11.3 Å². The minimum Gasteiger partial charge on any atom is -0.384 e. The maximum atomic E-state index is 13.1. The molecule has 0 aliphatic carbocycles. The second kappa shape index (κ2) is 8.09. The molecule has 138 valence electrons. The lowest BCUT2D eigenvalue weighted by molar-refractivity contribution is -0.120. The standard InChI is InChI=1S/C18H16BrFN6O/c19-16-13(9-23-15(27)8-12-2-1-3-14(21)24-12)25-18(22)26-17(16)10-4-6-11(20)7-5-10/h1-7H,8-9H2,(H2,21,24)(H,23,27)(H2,22,25,26). The number of aromatic nitrogens is 3. The van der Waals surface area contributed by atoms with Gasteiger partial charge in [-0.15, -0.1) is 0 Å². The topological polar surface area (TPSA) is 120 Å². The minimum absolute atomic E-state index is 0.0549. The van der Waals surface area contributed by atoms with Crippen LogP contribution in [0.3, 0.4) is 0 Å². The highest BCUT2D eigenvalue weighted by molar-refractivity contribution is 9.10. The average Bonchev–Trinajstić information content (AvgIpc) is 2.63. The fourth-order valence-electron chi connectivity index (χ4n) is 2.43. The smallest absolute Gasteiger partial charge is 0.226 e. The molecule has 0 spiro atoms. The quantitative estimate of drug-likeness (QED) is 0.571. The highest BCUT2D eigenvalue weighted by Gasteiger charge is 2.14. The van der Waals surface area contributed by atoms with Crippen molar-refractivity contribution in [1.29, 1.82) is 0 Å². The van der Waals surface area contributed by atoms with E-state index in [9.17, 15) is 9.18 Å². The lowest BCUT2D eigenvalue weighted by Gasteiger charge is -2.11. The van der Waals surface area contributed by atoms with Gasteiger partial charge in [0.15, 0.2) is 0 Å². The second-order valence-electron chi connectivity index (χ2n) is 5.71. The molecule has 0 unspecified atom stereocenters. The van der Waals surface area contributed by atoms with Crippen molar-refractivity contribution in [1.82, 2.24) is 20.3 Å². The summed E-state index contributed by atoms with van der Waals surface area (Å²) < 4.78 is 13.7. The number of amides is 1. The fraction of sp³-hybridized carbons (Fsp3) is 0.111. The van der Waals surface area contributed by atoms with Crippen LogP contribution in [-0.4, -0.2) is 20.9 Å². The summed E-state index contributed by atoms with van der Waals surface area (Å²) in [7, 11) is 0. The van der Waals surface area contributed by atoms with E-state index >= 15 is 0 Å². The number of anilines is 2. The lowest BCUT2D eigenvalue weighted by atomic mass is 10.1. The van der Waals surface area contributed by atoms with Gasteiger partial charge in [-0.1, -0.05) is 6.07 Å². The number of pyridine rings is 1. The number of hydrogen-bond acceptors (Lipinski definition) is 6.